The molecule has 29 heavy (non-hydrogen) atoms. The molecule has 2 amide bonds. The molecule has 0 saturated heterocycles. The van der Waals surface area contributed by atoms with Gasteiger partial charge in [-0.05, 0) is 36.8 Å². The van der Waals surface area contributed by atoms with Crippen LogP contribution in [0.25, 0.3) is 0 Å². The molecule has 0 radical (unpaired) electrons. The van der Waals surface area contributed by atoms with Gasteiger partial charge in [0.2, 0.25) is 0 Å². The van der Waals surface area contributed by atoms with Crippen LogP contribution in [-0.4, -0.2) is 42.5 Å². The van der Waals surface area contributed by atoms with Crippen molar-refractivity contribution < 1.29 is 32.3 Å². The number of rotatable bonds is 7. The summed E-state index contributed by atoms with van der Waals surface area (Å²) < 4.78 is 38.9. The molecular weight excluding hydrogens is 405 g/mol. The highest BCUT2D eigenvalue weighted by Gasteiger charge is 2.23. The number of nitrogens with zero attached hydrogens (tertiary/aromatic N) is 2. The molecule has 11 heteroatoms. The third-order valence-electron chi connectivity index (χ3n) is 3.56. The molecular formula is C18H18FN3O6S. The number of nitrogens with one attached hydrogen (secondary N) is 1. The van der Waals surface area contributed by atoms with Crippen molar-refractivity contribution >= 4 is 21.8 Å². The van der Waals surface area contributed by atoms with Gasteiger partial charge < -0.3 is 5.11 Å². The van der Waals surface area contributed by atoms with Gasteiger partial charge in [0, 0.05) is 5.69 Å². The fourth-order valence-corrected chi connectivity index (χ4v) is 3.11. The largest absolute Gasteiger partial charge is 0.503 e. The van der Waals surface area contributed by atoms with E-state index < -0.39 is 38.4 Å². The molecule has 9 nitrogen and oxygen atoms in total. The van der Waals surface area contributed by atoms with Crippen molar-refractivity contribution in [3.63, 3.8) is 0 Å². The Labute approximate surface area is 166 Å². The Balaban J connectivity index is 2.10. The number of aryl methyl sites for hydroxylation is 1. The number of carbonyl (C=O) groups excluding carboxylic acids is 2. The number of aliphatic hydroxyl groups excluding tert-OH is 1. The van der Waals surface area contributed by atoms with Crippen LogP contribution in [0.2, 0.25) is 0 Å². The van der Waals surface area contributed by atoms with E-state index in [0.717, 1.165) is 5.06 Å². The average Bonchev–Trinajstić information content (AvgIpc) is 2.67. The lowest BCUT2D eigenvalue weighted by molar-refractivity contribution is -0.173. The zero-order valence-corrected chi connectivity index (χ0v) is 16.3. The highest BCUT2D eigenvalue weighted by molar-refractivity contribution is 7.90. The van der Waals surface area contributed by atoms with Crippen molar-refractivity contribution in [2.24, 2.45) is 0 Å². The van der Waals surface area contributed by atoms with E-state index in [9.17, 15) is 27.5 Å². The minimum absolute atomic E-state index is 0.105. The zero-order valence-electron chi connectivity index (χ0n) is 15.5. The molecule has 2 N–H and O–H groups in total. The van der Waals surface area contributed by atoms with Crippen LogP contribution in [0.15, 0.2) is 59.3 Å². The molecule has 0 bridgehead atoms. The predicted octanol–water partition coefficient (Wildman–Crippen LogP) is 1.37. The van der Waals surface area contributed by atoms with Gasteiger partial charge in [-0.25, -0.2) is 19.2 Å². The number of aliphatic hydroxyl groups is 1. The Morgan fingerprint density at radius 3 is 2.48 bits per heavy atom. The van der Waals surface area contributed by atoms with Gasteiger partial charge in [-0.1, -0.05) is 18.2 Å². The highest BCUT2D eigenvalue weighted by atomic mass is 32.2. The van der Waals surface area contributed by atoms with Gasteiger partial charge in [0.15, 0.2) is 10.8 Å². The number of hydroxylamine groups is 2. The van der Waals surface area contributed by atoms with E-state index in [-0.39, 0.29) is 6.54 Å². The van der Waals surface area contributed by atoms with E-state index in [1.54, 1.807) is 17.7 Å². The number of sulfonamides is 1. The molecule has 1 heterocycles. The molecule has 1 aromatic carbocycles. The summed E-state index contributed by atoms with van der Waals surface area (Å²) >= 11 is 0. The van der Waals surface area contributed by atoms with E-state index in [4.69, 9.17) is 4.84 Å². The topological polar surface area (TPSA) is 126 Å². The lowest BCUT2D eigenvalue weighted by Crippen LogP contribution is -2.34. The summed E-state index contributed by atoms with van der Waals surface area (Å²) in [7, 11) is -3.16. The van der Waals surface area contributed by atoms with Gasteiger partial charge >= 0.3 is 0 Å². The molecule has 0 aliphatic heterocycles. The van der Waals surface area contributed by atoms with Crippen LogP contribution in [0.3, 0.4) is 0 Å². The third-order valence-corrected chi connectivity index (χ3v) is 4.80. The van der Waals surface area contributed by atoms with Crippen LogP contribution in [0.4, 0.5) is 4.39 Å². The van der Waals surface area contributed by atoms with Crippen LogP contribution in [0.5, 0.6) is 0 Å². The molecule has 0 atom stereocenters. The Morgan fingerprint density at radius 1 is 1.24 bits per heavy atom. The summed E-state index contributed by atoms with van der Waals surface area (Å²) in [5, 5.41) is 10.2. The molecule has 0 aliphatic carbocycles. The number of carbonyl (C=O) groups is 2. The quantitative estimate of drug-likeness (QED) is 0.391. The number of aromatic nitrogens is 1. The SMILES string of the molecule is CON(Cc1ccc(F)cc1)C(=O)C=C(O)C(=O)NS(=O)(=O)c1cccc(C)n1. The Hall–Kier alpha value is -3.31. The normalized spacial score (nSPS) is 11.8. The van der Waals surface area contributed by atoms with Crippen molar-refractivity contribution in [3.8, 4) is 0 Å². The molecule has 0 unspecified atom stereocenters. The van der Waals surface area contributed by atoms with Crippen LogP contribution >= 0.6 is 0 Å². The molecule has 2 aromatic rings. The molecule has 0 aliphatic rings. The first-order chi connectivity index (χ1) is 13.6. The smallest absolute Gasteiger partial charge is 0.300 e. The van der Waals surface area contributed by atoms with E-state index >= 15 is 0 Å². The van der Waals surface area contributed by atoms with Crippen LogP contribution in [-0.2, 0) is 31.0 Å². The van der Waals surface area contributed by atoms with Crippen molar-refractivity contribution in [2.75, 3.05) is 7.11 Å². The minimum Gasteiger partial charge on any atom is -0.503 e. The summed E-state index contributed by atoms with van der Waals surface area (Å²) in [6, 6.07) is 9.41. The number of pyridine rings is 1. The summed E-state index contributed by atoms with van der Waals surface area (Å²) in [4.78, 5) is 32.8. The second kappa shape index (κ2) is 9.26. The van der Waals surface area contributed by atoms with Gasteiger partial charge in [-0.2, -0.15) is 8.42 Å². The molecule has 154 valence electrons. The monoisotopic (exact) mass is 423 g/mol. The first-order valence-corrected chi connectivity index (χ1v) is 9.62. The fourth-order valence-electron chi connectivity index (χ4n) is 2.14. The average molecular weight is 423 g/mol. The van der Waals surface area contributed by atoms with Crippen molar-refractivity contribution in [1.29, 1.82) is 0 Å². The number of hydrogen-bond donors (Lipinski definition) is 2. The van der Waals surface area contributed by atoms with Crippen molar-refractivity contribution in [2.45, 2.75) is 18.5 Å². The third kappa shape index (κ3) is 6.09. The first-order valence-electron chi connectivity index (χ1n) is 8.14. The lowest BCUT2D eigenvalue weighted by Gasteiger charge is -2.18. The Bertz CT molecular complexity index is 1040. The van der Waals surface area contributed by atoms with Gasteiger partial charge in [0.05, 0.1) is 19.7 Å². The molecule has 0 saturated carbocycles. The number of hydrogen-bond acceptors (Lipinski definition) is 7. The number of benzene rings is 1. The summed E-state index contributed by atoms with van der Waals surface area (Å²) in [6.07, 6.45) is 0.502. The maximum atomic E-state index is 13.0. The van der Waals surface area contributed by atoms with Crippen LogP contribution in [0.1, 0.15) is 11.3 Å². The minimum atomic E-state index is -4.34. The van der Waals surface area contributed by atoms with Crippen LogP contribution in [0, 0.1) is 12.7 Å². The van der Waals surface area contributed by atoms with E-state index in [1.165, 1.54) is 43.5 Å². The summed E-state index contributed by atoms with van der Waals surface area (Å²) in [5.41, 5.74) is 0.929. The first kappa shape index (κ1) is 22.0. The van der Waals surface area contributed by atoms with Gasteiger partial charge in [0.25, 0.3) is 21.8 Å². The Kier molecular flexibility index (Phi) is 7.02. The molecule has 0 spiro atoms. The van der Waals surface area contributed by atoms with Gasteiger partial charge in [-0.15, -0.1) is 0 Å². The second-order valence-electron chi connectivity index (χ2n) is 5.77. The lowest BCUT2D eigenvalue weighted by atomic mass is 10.2. The van der Waals surface area contributed by atoms with E-state index in [2.05, 4.69) is 4.98 Å². The standard InChI is InChI=1S/C18H18FN3O6S/c1-12-4-3-5-16(20-12)29(26,27)21-18(25)15(23)10-17(24)22(28-2)11-13-6-8-14(19)9-7-13/h3-10,23H,11H2,1-2H3,(H,21,25). The maximum absolute atomic E-state index is 13.0. The fraction of sp³-hybridized carbons (Fsp3) is 0.167. The number of amides is 2. The van der Waals surface area contributed by atoms with Crippen LogP contribution < -0.4 is 4.72 Å². The molecule has 2 rings (SSSR count). The summed E-state index contributed by atoms with van der Waals surface area (Å²) in [5.74, 6) is -3.95. The summed E-state index contributed by atoms with van der Waals surface area (Å²) in [6.45, 7) is 1.46. The Morgan fingerprint density at radius 2 is 1.90 bits per heavy atom. The van der Waals surface area contributed by atoms with E-state index in [1.807, 2.05) is 0 Å². The molecule has 1 aromatic heterocycles. The second-order valence-corrected chi connectivity index (χ2v) is 7.39. The maximum Gasteiger partial charge on any atom is 0.300 e. The van der Waals surface area contributed by atoms with Crippen molar-refractivity contribution in [1.82, 2.24) is 14.8 Å². The number of halogens is 1. The van der Waals surface area contributed by atoms with Gasteiger partial charge in [-0.3, -0.25) is 14.4 Å². The van der Waals surface area contributed by atoms with Gasteiger partial charge in [0.1, 0.15) is 5.82 Å². The van der Waals surface area contributed by atoms with Crippen molar-refractivity contribution in [3.05, 3.63) is 71.4 Å². The van der Waals surface area contributed by atoms with E-state index in [0.29, 0.717) is 17.3 Å². The molecule has 0 fully saturated rings. The predicted molar refractivity (Wildman–Crippen MR) is 99.0 cm³/mol. The highest BCUT2D eigenvalue weighted by Crippen LogP contribution is 2.09. The zero-order chi connectivity index (χ0) is 21.6.